The Kier molecular flexibility index (Phi) is 6.30. The number of thioether (sulfide) groups is 4. The lowest BCUT2D eigenvalue weighted by atomic mass is 9.80. The van der Waals surface area contributed by atoms with Crippen LogP contribution in [0.5, 0.6) is 0 Å². The molecule has 1 fully saturated rings. The van der Waals surface area contributed by atoms with Crippen LogP contribution >= 0.6 is 47.0 Å². The van der Waals surface area contributed by atoms with Gasteiger partial charge in [-0.05, 0) is 11.5 Å². The van der Waals surface area contributed by atoms with E-state index in [9.17, 15) is 14.4 Å². The minimum atomic E-state index is -0.270. The molecule has 1 aromatic rings. The highest BCUT2D eigenvalue weighted by atomic mass is 32.3. The summed E-state index contributed by atoms with van der Waals surface area (Å²) in [6.45, 7) is 1.80. The fourth-order valence-corrected chi connectivity index (χ4v) is 9.64. The number of ketones is 2. The van der Waals surface area contributed by atoms with E-state index >= 15 is 0 Å². The maximum Gasteiger partial charge on any atom is 0.302 e. The Morgan fingerprint density at radius 2 is 1.71 bits per heavy atom. The van der Waals surface area contributed by atoms with Crippen LogP contribution in [-0.4, -0.2) is 35.1 Å². The SMILES string of the molecule is CC(=O)OCC1CSC2=C(SC(=C3C(=O)CC(c4ccccc4)CC3=O)S2)S1. The first-order chi connectivity index (χ1) is 13.5. The molecule has 4 nitrogen and oxygen atoms in total. The highest BCUT2D eigenvalue weighted by Crippen LogP contribution is 2.62. The molecule has 1 aromatic carbocycles. The van der Waals surface area contributed by atoms with Gasteiger partial charge in [0.15, 0.2) is 11.6 Å². The second-order valence-corrected chi connectivity index (χ2v) is 11.8. The van der Waals surface area contributed by atoms with Crippen LogP contribution in [0, 0.1) is 0 Å². The Morgan fingerprint density at radius 1 is 1.04 bits per heavy atom. The quantitative estimate of drug-likeness (QED) is 0.365. The van der Waals surface area contributed by atoms with E-state index in [0.717, 1.165) is 24.0 Å². The predicted octanol–water partition coefficient (Wildman–Crippen LogP) is 4.93. The first kappa shape index (κ1) is 20.2. The number of allylic oxidation sites excluding steroid dienone is 1. The van der Waals surface area contributed by atoms with Crippen molar-refractivity contribution in [3.05, 3.63) is 54.2 Å². The molecule has 1 unspecified atom stereocenters. The fraction of sp³-hybridized carbons (Fsp3) is 0.350. The Balaban J connectivity index is 1.46. The van der Waals surface area contributed by atoms with Crippen LogP contribution in [0.15, 0.2) is 48.6 Å². The smallest absolute Gasteiger partial charge is 0.302 e. The van der Waals surface area contributed by atoms with Gasteiger partial charge in [-0.2, -0.15) is 0 Å². The summed E-state index contributed by atoms with van der Waals surface area (Å²) in [5, 5.41) is 0.199. The number of carbonyl (C=O) groups is 3. The minimum Gasteiger partial charge on any atom is -0.465 e. The molecule has 0 bridgehead atoms. The van der Waals surface area contributed by atoms with Gasteiger partial charge in [-0.3, -0.25) is 14.4 Å². The maximum atomic E-state index is 12.8. The van der Waals surface area contributed by atoms with E-state index in [1.807, 2.05) is 30.3 Å². The van der Waals surface area contributed by atoms with Crippen LogP contribution in [0.25, 0.3) is 0 Å². The summed E-state index contributed by atoms with van der Waals surface area (Å²) in [7, 11) is 0. The largest absolute Gasteiger partial charge is 0.465 e. The van der Waals surface area contributed by atoms with Crippen LogP contribution in [0.3, 0.4) is 0 Å². The molecule has 1 atom stereocenters. The van der Waals surface area contributed by atoms with E-state index in [0.29, 0.717) is 25.0 Å². The molecule has 0 radical (unpaired) electrons. The fourth-order valence-electron chi connectivity index (χ4n) is 3.25. The van der Waals surface area contributed by atoms with Gasteiger partial charge in [0, 0.05) is 25.5 Å². The molecule has 0 N–H and O–H groups in total. The minimum absolute atomic E-state index is 0.0265. The third-order valence-corrected chi connectivity index (χ3v) is 10.6. The lowest BCUT2D eigenvalue weighted by molar-refractivity contribution is -0.140. The van der Waals surface area contributed by atoms with Gasteiger partial charge in [0.2, 0.25) is 0 Å². The van der Waals surface area contributed by atoms with Crippen molar-refractivity contribution in [2.75, 3.05) is 12.4 Å². The van der Waals surface area contributed by atoms with Gasteiger partial charge >= 0.3 is 5.97 Å². The van der Waals surface area contributed by atoms with Crippen molar-refractivity contribution >= 4 is 64.6 Å². The summed E-state index contributed by atoms with van der Waals surface area (Å²) in [4.78, 5) is 36.7. The zero-order chi connectivity index (χ0) is 19.7. The van der Waals surface area contributed by atoms with Gasteiger partial charge in [0.05, 0.1) is 23.5 Å². The van der Waals surface area contributed by atoms with E-state index < -0.39 is 0 Å². The second-order valence-electron chi connectivity index (χ2n) is 6.66. The summed E-state index contributed by atoms with van der Waals surface area (Å²) in [6.07, 6.45) is 0.769. The van der Waals surface area contributed by atoms with Crippen molar-refractivity contribution in [3.63, 3.8) is 0 Å². The molecule has 4 rings (SSSR count). The molecule has 2 heterocycles. The number of benzene rings is 1. The molecule has 3 aliphatic rings. The summed E-state index contributed by atoms with van der Waals surface area (Å²) in [5.41, 5.74) is 1.44. The standard InChI is InChI=1S/C20H18O4S4/c1-11(21)24-9-14-10-25-19-20(26-14)28-18(27-19)17-15(22)7-13(8-16(17)23)12-5-3-2-4-6-12/h2-6,13-14H,7-10H2,1H3. The van der Waals surface area contributed by atoms with Gasteiger partial charge in [-0.1, -0.05) is 53.9 Å². The molecule has 0 saturated heterocycles. The normalized spacial score (nSPS) is 25.2. The third-order valence-electron chi connectivity index (χ3n) is 4.58. The Hall–Kier alpha value is -1.09. The van der Waals surface area contributed by atoms with Crippen molar-refractivity contribution < 1.29 is 19.1 Å². The summed E-state index contributed by atoms with van der Waals surface area (Å²) in [5.74, 6) is 0.456. The Morgan fingerprint density at radius 3 is 2.39 bits per heavy atom. The Labute approximate surface area is 180 Å². The molecule has 1 aliphatic carbocycles. The Bertz CT molecular complexity index is 871. The first-order valence-corrected chi connectivity index (χ1v) is 12.4. The van der Waals surface area contributed by atoms with E-state index in [4.69, 9.17) is 4.74 Å². The maximum absolute atomic E-state index is 12.8. The lowest BCUT2D eigenvalue weighted by Crippen LogP contribution is -2.25. The molecule has 146 valence electrons. The third kappa shape index (κ3) is 4.40. The van der Waals surface area contributed by atoms with Crippen molar-refractivity contribution in [2.45, 2.75) is 30.9 Å². The second kappa shape index (κ2) is 8.73. The van der Waals surface area contributed by atoms with E-state index in [2.05, 4.69) is 0 Å². The molecule has 28 heavy (non-hydrogen) atoms. The van der Waals surface area contributed by atoms with Gasteiger partial charge in [-0.15, -0.1) is 23.5 Å². The number of carbonyl (C=O) groups excluding carboxylic acids is 3. The summed E-state index contributed by atoms with van der Waals surface area (Å²) < 4.78 is 8.22. The summed E-state index contributed by atoms with van der Waals surface area (Å²) >= 11 is 6.47. The summed E-state index contributed by atoms with van der Waals surface area (Å²) in [6, 6.07) is 9.80. The first-order valence-electron chi connectivity index (χ1n) is 8.89. The topological polar surface area (TPSA) is 60.4 Å². The van der Waals surface area contributed by atoms with Crippen LogP contribution in [-0.2, 0) is 19.1 Å². The number of hydrogen-bond donors (Lipinski definition) is 0. The number of Topliss-reactive ketones (excluding diaryl/α,β-unsaturated/α-hetero) is 2. The van der Waals surface area contributed by atoms with Crippen molar-refractivity contribution in [1.29, 1.82) is 0 Å². The van der Waals surface area contributed by atoms with Crippen LogP contribution < -0.4 is 0 Å². The zero-order valence-electron chi connectivity index (χ0n) is 15.1. The van der Waals surface area contributed by atoms with Crippen LogP contribution in [0.4, 0.5) is 0 Å². The van der Waals surface area contributed by atoms with E-state index in [1.165, 1.54) is 18.7 Å². The van der Waals surface area contributed by atoms with Crippen LogP contribution in [0.2, 0.25) is 0 Å². The molecule has 8 heteroatoms. The van der Waals surface area contributed by atoms with Crippen molar-refractivity contribution in [3.8, 4) is 0 Å². The molecule has 0 aromatic heterocycles. The number of ether oxygens (including phenoxy) is 1. The molecule has 0 spiro atoms. The van der Waals surface area contributed by atoms with Gasteiger partial charge < -0.3 is 4.74 Å². The molecular weight excluding hydrogens is 432 g/mol. The molecule has 2 aliphatic heterocycles. The highest BCUT2D eigenvalue weighted by molar-refractivity contribution is 8.41. The average molecular weight is 451 g/mol. The number of rotatable bonds is 3. The van der Waals surface area contributed by atoms with Gasteiger partial charge in [-0.25, -0.2) is 0 Å². The number of esters is 1. The highest BCUT2D eigenvalue weighted by Gasteiger charge is 2.38. The van der Waals surface area contributed by atoms with Crippen molar-refractivity contribution in [2.24, 2.45) is 0 Å². The van der Waals surface area contributed by atoms with Crippen molar-refractivity contribution in [1.82, 2.24) is 0 Å². The molecule has 0 amide bonds. The average Bonchev–Trinajstić information content (AvgIpc) is 3.09. The predicted molar refractivity (Wildman–Crippen MR) is 118 cm³/mol. The van der Waals surface area contributed by atoms with Gasteiger partial charge in [0.1, 0.15) is 6.61 Å². The van der Waals surface area contributed by atoms with E-state index in [1.54, 1.807) is 35.3 Å². The number of hydrogen-bond acceptors (Lipinski definition) is 8. The van der Waals surface area contributed by atoms with Crippen LogP contribution in [0.1, 0.15) is 31.2 Å². The molecule has 1 saturated carbocycles. The monoisotopic (exact) mass is 450 g/mol. The zero-order valence-corrected chi connectivity index (χ0v) is 18.4. The van der Waals surface area contributed by atoms with E-state index in [-0.39, 0.29) is 28.7 Å². The molecular formula is C20H18O4S4. The lowest BCUT2D eigenvalue weighted by Gasteiger charge is -2.23. The van der Waals surface area contributed by atoms with Gasteiger partial charge in [0.25, 0.3) is 0 Å².